The number of benzene rings is 1. The Hall–Kier alpha value is -1.73. The minimum Gasteiger partial charge on any atom is -0.497 e. The molecule has 0 amide bonds. The molecule has 5 fully saturated rings. The standard InChI is InChI=1S/C26H32O3S/c1-29-22-6-4-21(5-7-22)26(10-11-26)24(27)23(30(2,3)28)8-9-25-15-18-12-19(16-25)14-20(13-18)17-25/h4-7,18-20H,10-17H2,1-3H3. The van der Waals surface area contributed by atoms with Crippen molar-refractivity contribution in [2.24, 2.45) is 23.2 Å². The van der Waals surface area contributed by atoms with Crippen LogP contribution in [0.4, 0.5) is 0 Å². The highest BCUT2D eigenvalue weighted by Gasteiger charge is 2.53. The molecule has 0 unspecified atom stereocenters. The fraction of sp³-hybridized carbons (Fsp3) is 0.615. The van der Waals surface area contributed by atoms with E-state index in [1.807, 2.05) is 24.3 Å². The molecule has 0 aromatic heterocycles. The topological polar surface area (TPSA) is 43.4 Å². The molecule has 0 aliphatic heterocycles. The van der Waals surface area contributed by atoms with Crippen LogP contribution < -0.4 is 4.74 Å². The number of ketones is 1. The summed E-state index contributed by atoms with van der Waals surface area (Å²) in [6.45, 7) is 0. The molecule has 0 radical (unpaired) electrons. The van der Waals surface area contributed by atoms with Gasteiger partial charge in [-0.1, -0.05) is 24.0 Å². The lowest BCUT2D eigenvalue weighted by atomic mass is 9.50. The molecule has 5 aliphatic carbocycles. The molecule has 0 spiro atoms. The highest BCUT2D eigenvalue weighted by atomic mass is 32.2. The van der Waals surface area contributed by atoms with Crippen molar-refractivity contribution in [3.05, 3.63) is 29.8 Å². The fourth-order valence-corrected chi connectivity index (χ4v) is 7.69. The summed E-state index contributed by atoms with van der Waals surface area (Å²) in [4.78, 5) is 14.1. The fourth-order valence-electron chi connectivity index (χ4n) is 6.76. The Morgan fingerprint density at radius 3 is 1.97 bits per heavy atom. The van der Waals surface area contributed by atoms with Gasteiger partial charge in [0, 0.05) is 17.9 Å². The van der Waals surface area contributed by atoms with Gasteiger partial charge in [-0.3, -0.25) is 9.00 Å². The molecule has 0 atom stereocenters. The van der Waals surface area contributed by atoms with Crippen LogP contribution in [0.25, 0.3) is 0 Å². The Bertz CT molecular complexity index is 1010. The molecule has 3 nitrogen and oxygen atoms in total. The highest BCUT2D eigenvalue weighted by molar-refractivity contribution is 8.02. The SMILES string of the molecule is COc1ccc(C2(C(=O)C(C#CC34CC5CC(CC(C5)C3)C4)=S(C)(C)=O)CC2)cc1. The zero-order chi connectivity index (χ0) is 21.1. The van der Waals surface area contributed by atoms with Crippen molar-refractivity contribution in [2.45, 2.75) is 56.8 Å². The molecule has 30 heavy (non-hydrogen) atoms. The second kappa shape index (κ2) is 6.89. The zero-order valence-electron chi connectivity index (χ0n) is 18.3. The molecule has 5 aliphatic rings. The number of Topliss-reactive ketones (excluding diaryl/α,β-unsaturated/α-hetero) is 1. The van der Waals surface area contributed by atoms with Crippen LogP contribution in [0.3, 0.4) is 0 Å². The molecule has 4 heteroatoms. The summed E-state index contributed by atoms with van der Waals surface area (Å²) in [6, 6.07) is 7.75. The number of carbonyl (C=O) groups is 1. The number of carbonyl (C=O) groups excluding carboxylic acids is 1. The molecule has 1 aromatic rings. The van der Waals surface area contributed by atoms with Gasteiger partial charge < -0.3 is 4.74 Å². The van der Waals surface area contributed by atoms with Crippen LogP contribution in [-0.2, 0) is 19.7 Å². The van der Waals surface area contributed by atoms with Gasteiger partial charge in [0.15, 0.2) is 5.78 Å². The monoisotopic (exact) mass is 424 g/mol. The number of ether oxygens (including phenoxy) is 1. The van der Waals surface area contributed by atoms with Crippen LogP contribution in [0.2, 0.25) is 0 Å². The lowest BCUT2D eigenvalue weighted by Gasteiger charge is -2.54. The van der Waals surface area contributed by atoms with Crippen molar-refractivity contribution in [2.75, 3.05) is 19.6 Å². The van der Waals surface area contributed by atoms with E-state index in [0.29, 0.717) is 4.86 Å². The quantitative estimate of drug-likeness (QED) is 0.537. The summed E-state index contributed by atoms with van der Waals surface area (Å²) in [7, 11) is -0.802. The molecule has 0 saturated heterocycles. The number of rotatable bonds is 4. The maximum Gasteiger partial charge on any atom is 0.189 e. The molecule has 4 bridgehead atoms. The maximum atomic E-state index is 13.7. The summed E-state index contributed by atoms with van der Waals surface area (Å²) in [5, 5.41) is 0. The molecule has 0 heterocycles. The summed E-state index contributed by atoms with van der Waals surface area (Å²) in [5.41, 5.74) is 0.500. The molecule has 5 saturated carbocycles. The van der Waals surface area contributed by atoms with Crippen LogP contribution in [0.1, 0.15) is 56.9 Å². The van der Waals surface area contributed by atoms with Gasteiger partial charge in [0.1, 0.15) is 10.6 Å². The second-order valence-corrected chi connectivity index (χ2v) is 13.5. The largest absolute Gasteiger partial charge is 0.497 e. The first-order chi connectivity index (χ1) is 14.2. The molecular formula is C26H32O3S. The Morgan fingerprint density at radius 2 is 1.53 bits per heavy atom. The smallest absolute Gasteiger partial charge is 0.189 e. The van der Waals surface area contributed by atoms with Gasteiger partial charge in [0.05, 0.1) is 12.5 Å². The van der Waals surface area contributed by atoms with Crippen molar-refractivity contribution in [1.29, 1.82) is 0 Å². The highest BCUT2D eigenvalue weighted by Crippen LogP contribution is 2.59. The normalized spacial score (nSPS) is 32.8. The third kappa shape index (κ3) is 3.40. The first kappa shape index (κ1) is 20.2. The van der Waals surface area contributed by atoms with Crippen LogP contribution in [0.15, 0.2) is 24.3 Å². The van der Waals surface area contributed by atoms with Gasteiger partial charge in [-0.05, 0) is 96.3 Å². The van der Waals surface area contributed by atoms with Gasteiger partial charge in [0.25, 0.3) is 0 Å². The van der Waals surface area contributed by atoms with Crippen LogP contribution >= 0.6 is 0 Å². The summed E-state index contributed by atoms with van der Waals surface area (Å²) >= 11 is 0. The first-order valence-corrected chi connectivity index (χ1v) is 13.6. The third-order valence-electron chi connectivity index (χ3n) is 8.00. The van der Waals surface area contributed by atoms with E-state index in [1.54, 1.807) is 19.6 Å². The van der Waals surface area contributed by atoms with E-state index in [0.717, 1.165) is 41.9 Å². The van der Waals surface area contributed by atoms with Crippen LogP contribution in [-0.4, -0.2) is 34.5 Å². The van der Waals surface area contributed by atoms with E-state index in [2.05, 4.69) is 11.8 Å². The van der Waals surface area contributed by atoms with E-state index >= 15 is 0 Å². The van der Waals surface area contributed by atoms with Crippen molar-refractivity contribution in [1.82, 2.24) is 0 Å². The first-order valence-electron chi connectivity index (χ1n) is 11.3. The van der Waals surface area contributed by atoms with Gasteiger partial charge in [-0.15, -0.1) is 0 Å². The average molecular weight is 425 g/mol. The molecule has 0 N–H and O–H groups in total. The van der Waals surface area contributed by atoms with E-state index in [1.165, 1.54) is 38.5 Å². The third-order valence-corrected chi connectivity index (χ3v) is 9.28. The maximum absolute atomic E-state index is 13.7. The van der Waals surface area contributed by atoms with E-state index in [-0.39, 0.29) is 11.2 Å². The summed E-state index contributed by atoms with van der Waals surface area (Å²) in [5.74, 6) is 10.0. The second-order valence-electron chi connectivity index (χ2n) is 10.6. The number of hydrogen-bond donors (Lipinski definition) is 0. The van der Waals surface area contributed by atoms with E-state index in [9.17, 15) is 9.00 Å². The minimum atomic E-state index is -2.44. The van der Waals surface area contributed by atoms with E-state index in [4.69, 9.17) is 4.74 Å². The van der Waals surface area contributed by atoms with Gasteiger partial charge >= 0.3 is 0 Å². The molecule has 6 rings (SSSR count). The summed E-state index contributed by atoms with van der Waals surface area (Å²) < 4.78 is 18.4. The van der Waals surface area contributed by atoms with Crippen molar-refractivity contribution in [3.8, 4) is 17.6 Å². The van der Waals surface area contributed by atoms with Crippen molar-refractivity contribution in [3.63, 3.8) is 0 Å². The Labute approximate surface area is 181 Å². The Kier molecular flexibility index (Phi) is 4.64. The van der Waals surface area contributed by atoms with Crippen molar-refractivity contribution < 1.29 is 13.7 Å². The lowest BCUT2D eigenvalue weighted by molar-refractivity contribution is -0.114. The minimum absolute atomic E-state index is 0.0140. The molecule has 160 valence electrons. The van der Waals surface area contributed by atoms with Gasteiger partial charge in [0.2, 0.25) is 0 Å². The lowest BCUT2D eigenvalue weighted by Crippen LogP contribution is -2.45. The molecule has 1 aromatic carbocycles. The Balaban J connectivity index is 1.48. The van der Waals surface area contributed by atoms with Gasteiger partial charge in [-0.2, -0.15) is 0 Å². The number of methoxy groups -OCH3 is 1. The van der Waals surface area contributed by atoms with E-state index < -0.39 is 14.9 Å². The number of hydrogen-bond acceptors (Lipinski definition) is 3. The van der Waals surface area contributed by atoms with Crippen molar-refractivity contribution >= 4 is 20.2 Å². The van der Waals surface area contributed by atoms with Crippen LogP contribution in [0, 0.1) is 35.0 Å². The predicted octanol–water partition coefficient (Wildman–Crippen LogP) is 4.23. The molecular weight excluding hydrogens is 392 g/mol. The van der Waals surface area contributed by atoms with Gasteiger partial charge in [-0.25, -0.2) is 0 Å². The summed E-state index contributed by atoms with van der Waals surface area (Å²) in [6.07, 6.45) is 12.6. The zero-order valence-corrected chi connectivity index (χ0v) is 19.1. The van der Waals surface area contributed by atoms with Crippen LogP contribution in [0.5, 0.6) is 5.75 Å². The average Bonchev–Trinajstić information content (AvgIpc) is 3.48. The predicted molar refractivity (Wildman–Crippen MR) is 122 cm³/mol. The Morgan fingerprint density at radius 1 is 1.00 bits per heavy atom.